The molecule has 0 aromatic heterocycles. The summed E-state index contributed by atoms with van der Waals surface area (Å²) in [5.41, 5.74) is 1.71. The van der Waals surface area contributed by atoms with Gasteiger partial charge < -0.3 is 7.97 Å². The van der Waals surface area contributed by atoms with Gasteiger partial charge in [0.15, 0.2) is 23.0 Å². The third-order valence-electron chi connectivity index (χ3n) is 2.84. The topological polar surface area (TPSA) is 53.3 Å². The molecule has 0 radical (unpaired) electrons. The second-order valence-electron chi connectivity index (χ2n) is 4.09. The van der Waals surface area contributed by atoms with Gasteiger partial charge in [-0.15, -0.1) is 0 Å². The molecule has 5 heteroatoms. The number of halogens is 1. The maximum atomic E-state index is 11.1. The number of nitriles is 1. The Bertz CT molecular complexity index is 464. The maximum Gasteiger partial charge on any atom is 0.315 e. The molecule has 1 aliphatic heterocycles. The molecule has 0 aliphatic carbocycles. The number of carbonyl (C=O) groups excluding carboxylic acids is 1. The fourth-order valence-electron chi connectivity index (χ4n) is 1.95. The summed E-state index contributed by atoms with van der Waals surface area (Å²) in [5.74, 6) is 0.198. The van der Waals surface area contributed by atoms with Crippen molar-refractivity contribution < 1.29 is 7.86 Å². The van der Waals surface area contributed by atoms with Crippen molar-refractivity contribution in [2.45, 2.75) is 6.42 Å². The Hall–Kier alpha value is -1.29. The first-order valence-corrected chi connectivity index (χ1v) is 6.17. The van der Waals surface area contributed by atoms with Crippen molar-refractivity contribution in [2.75, 3.05) is 18.0 Å². The predicted octanol–water partition coefficient (Wildman–Crippen LogP) is 2.28. The third-order valence-corrected chi connectivity index (χ3v) is 3.33. The summed E-state index contributed by atoms with van der Waals surface area (Å²) in [6.45, 7) is 1.70. The first-order chi connectivity index (χ1) is 8.22. The lowest BCUT2D eigenvalue weighted by Crippen LogP contribution is -2.47. The Morgan fingerprint density at radius 3 is 3.00 bits per heavy atom. The van der Waals surface area contributed by atoms with Crippen molar-refractivity contribution in [1.82, 2.24) is 0 Å². The molecular formula is C12H11IN2O2. The summed E-state index contributed by atoms with van der Waals surface area (Å²) < 4.78 is 4.60. The van der Waals surface area contributed by atoms with Gasteiger partial charge in [0, 0.05) is 24.7 Å². The SMILES string of the molecule is N#Cc1cccc(N2CC(CC(=O)OI)C2)c1. The highest BCUT2D eigenvalue weighted by molar-refractivity contribution is 14.1. The van der Waals surface area contributed by atoms with E-state index in [1.165, 1.54) is 0 Å². The fraction of sp³-hybridized carbons (Fsp3) is 0.333. The Morgan fingerprint density at radius 1 is 1.59 bits per heavy atom. The van der Waals surface area contributed by atoms with Gasteiger partial charge in [-0.25, -0.2) is 0 Å². The van der Waals surface area contributed by atoms with E-state index in [2.05, 4.69) is 14.0 Å². The first kappa shape index (κ1) is 12.2. The Morgan fingerprint density at radius 2 is 2.35 bits per heavy atom. The number of benzene rings is 1. The molecule has 1 aromatic rings. The van der Waals surface area contributed by atoms with Gasteiger partial charge in [0.1, 0.15) is 0 Å². The van der Waals surface area contributed by atoms with Crippen LogP contribution in [0.25, 0.3) is 0 Å². The highest BCUT2D eigenvalue weighted by Gasteiger charge is 2.29. The van der Waals surface area contributed by atoms with E-state index in [1.807, 2.05) is 18.2 Å². The summed E-state index contributed by atoms with van der Waals surface area (Å²) in [6.07, 6.45) is 0.470. The molecule has 1 fully saturated rings. The number of anilines is 1. The summed E-state index contributed by atoms with van der Waals surface area (Å²) in [7, 11) is 0. The van der Waals surface area contributed by atoms with E-state index in [1.54, 1.807) is 29.1 Å². The molecule has 1 aliphatic rings. The fourth-order valence-corrected chi connectivity index (χ4v) is 2.13. The molecule has 1 saturated heterocycles. The third kappa shape index (κ3) is 2.88. The molecule has 0 N–H and O–H groups in total. The van der Waals surface area contributed by atoms with E-state index >= 15 is 0 Å². The van der Waals surface area contributed by atoms with Crippen molar-refractivity contribution in [3.05, 3.63) is 29.8 Å². The second kappa shape index (κ2) is 5.36. The molecule has 0 saturated carbocycles. The minimum absolute atomic E-state index is 0.166. The zero-order valence-corrected chi connectivity index (χ0v) is 11.3. The van der Waals surface area contributed by atoms with Gasteiger partial charge in [-0.05, 0) is 18.2 Å². The van der Waals surface area contributed by atoms with E-state index in [4.69, 9.17) is 5.26 Å². The van der Waals surface area contributed by atoms with E-state index in [-0.39, 0.29) is 5.97 Å². The molecule has 88 valence electrons. The lowest BCUT2D eigenvalue weighted by Gasteiger charge is -2.40. The van der Waals surface area contributed by atoms with Crippen LogP contribution in [0.3, 0.4) is 0 Å². The molecule has 0 spiro atoms. The molecule has 0 amide bonds. The minimum atomic E-state index is -0.166. The zero-order chi connectivity index (χ0) is 12.3. The van der Waals surface area contributed by atoms with E-state index in [0.29, 0.717) is 17.9 Å². The first-order valence-electron chi connectivity index (χ1n) is 5.29. The van der Waals surface area contributed by atoms with Gasteiger partial charge >= 0.3 is 5.97 Å². The van der Waals surface area contributed by atoms with Crippen LogP contribution in [0.2, 0.25) is 0 Å². The minimum Gasteiger partial charge on any atom is -0.394 e. The van der Waals surface area contributed by atoms with Gasteiger partial charge in [0.05, 0.1) is 18.1 Å². The zero-order valence-electron chi connectivity index (χ0n) is 9.10. The van der Waals surface area contributed by atoms with Crippen LogP contribution in [0.1, 0.15) is 12.0 Å². The van der Waals surface area contributed by atoms with Crippen LogP contribution in [0.15, 0.2) is 24.3 Å². The molecule has 1 heterocycles. The van der Waals surface area contributed by atoms with Crippen LogP contribution in [-0.4, -0.2) is 19.1 Å². The van der Waals surface area contributed by atoms with Gasteiger partial charge in [-0.1, -0.05) is 6.07 Å². The highest BCUT2D eigenvalue weighted by Crippen LogP contribution is 2.27. The monoisotopic (exact) mass is 342 g/mol. The Balaban J connectivity index is 1.91. The summed E-state index contributed by atoms with van der Waals surface area (Å²) >= 11 is 1.61. The maximum absolute atomic E-state index is 11.1. The number of nitrogens with zero attached hydrogens (tertiary/aromatic N) is 2. The van der Waals surface area contributed by atoms with Crippen LogP contribution >= 0.6 is 23.0 Å². The average molecular weight is 342 g/mol. The van der Waals surface area contributed by atoms with E-state index in [9.17, 15) is 4.79 Å². The molecule has 0 bridgehead atoms. The second-order valence-corrected chi connectivity index (χ2v) is 4.53. The molecule has 2 rings (SSSR count). The van der Waals surface area contributed by atoms with Crippen LogP contribution in [-0.2, 0) is 7.86 Å². The normalized spacial score (nSPS) is 14.9. The number of carbonyl (C=O) groups is 1. The molecule has 0 atom stereocenters. The molecular weight excluding hydrogens is 331 g/mol. The van der Waals surface area contributed by atoms with Crippen molar-refractivity contribution in [3.63, 3.8) is 0 Å². The number of hydrogen-bond acceptors (Lipinski definition) is 4. The van der Waals surface area contributed by atoms with Gasteiger partial charge in [-0.2, -0.15) is 5.26 Å². The largest absolute Gasteiger partial charge is 0.394 e. The molecule has 0 unspecified atom stereocenters. The van der Waals surface area contributed by atoms with E-state index in [0.717, 1.165) is 18.8 Å². The number of hydrogen-bond donors (Lipinski definition) is 0. The van der Waals surface area contributed by atoms with Gasteiger partial charge in [0.25, 0.3) is 0 Å². The van der Waals surface area contributed by atoms with Crippen molar-refractivity contribution in [1.29, 1.82) is 5.26 Å². The Labute approximate surface area is 114 Å². The summed E-state index contributed by atoms with van der Waals surface area (Å²) in [4.78, 5) is 13.2. The molecule has 1 aromatic carbocycles. The highest BCUT2D eigenvalue weighted by atomic mass is 127. The van der Waals surface area contributed by atoms with Crippen LogP contribution in [0, 0.1) is 17.2 Å². The lowest BCUT2D eigenvalue weighted by atomic mass is 9.95. The Kier molecular flexibility index (Phi) is 3.84. The molecule has 17 heavy (non-hydrogen) atoms. The molecule has 4 nitrogen and oxygen atoms in total. The van der Waals surface area contributed by atoms with Gasteiger partial charge in [-0.3, -0.25) is 4.79 Å². The summed E-state index contributed by atoms with van der Waals surface area (Å²) in [6, 6.07) is 9.63. The quantitative estimate of drug-likeness (QED) is 0.791. The van der Waals surface area contributed by atoms with Crippen LogP contribution in [0.5, 0.6) is 0 Å². The van der Waals surface area contributed by atoms with Crippen molar-refractivity contribution in [2.24, 2.45) is 5.92 Å². The lowest BCUT2D eigenvalue weighted by molar-refractivity contribution is -0.132. The standard InChI is InChI=1S/C12H11IN2O2/c13-17-12(16)5-10-7-15(8-10)11-3-1-2-9(4-11)6-14/h1-4,10H,5,7-8H2. The number of rotatable bonds is 3. The van der Waals surface area contributed by atoms with Crippen molar-refractivity contribution >= 4 is 34.7 Å². The van der Waals surface area contributed by atoms with Gasteiger partial charge in [0.2, 0.25) is 0 Å². The van der Waals surface area contributed by atoms with Crippen LogP contribution < -0.4 is 4.90 Å². The van der Waals surface area contributed by atoms with Crippen molar-refractivity contribution in [3.8, 4) is 6.07 Å². The average Bonchev–Trinajstić information content (AvgIpc) is 2.32. The van der Waals surface area contributed by atoms with E-state index < -0.39 is 0 Å². The summed E-state index contributed by atoms with van der Waals surface area (Å²) in [5, 5.41) is 8.81. The predicted molar refractivity (Wildman–Crippen MR) is 71.6 cm³/mol. The van der Waals surface area contributed by atoms with Crippen LogP contribution in [0.4, 0.5) is 5.69 Å². The smallest absolute Gasteiger partial charge is 0.315 e.